The second-order valence-electron chi connectivity index (χ2n) is 6.62. The lowest BCUT2D eigenvalue weighted by molar-refractivity contribution is 0.413. The van der Waals surface area contributed by atoms with Gasteiger partial charge in [0.1, 0.15) is 11.5 Å². The van der Waals surface area contributed by atoms with Crippen LogP contribution in [0.1, 0.15) is 50.7 Å². The molecule has 0 unspecified atom stereocenters. The Morgan fingerprint density at radius 3 is 1.36 bits per heavy atom. The first-order valence-corrected chi connectivity index (χ1v) is 9.81. The van der Waals surface area contributed by atoms with Crippen LogP contribution < -0.4 is 9.47 Å². The monoisotopic (exact) mass is 362 g/mol. The summed E-state index contributed by atoms with van der Waals surface area (Å²) in [4.78, 5) is 0.658. The van der Waals surface area contributed by atoms with Crippen molar-refractivity contribution in [1.29, 1.82) is 0 Å². The molecule has 2 aromatic rings. The maximum atomic E-state index is 13.4. The van der Waals surface area contributed by atoms with Gasteiger partial charge in [-0.05, 0) is 59.4 Å². The van der Waals surface area contributed by atoms with Crippen LogP contribution >= 0.6 is 0 Å². The van der Waals surface area contributed by atoms with Crippen molar-refractivity contribution in [3.63, 3.8) is 0 Å². The first kappa shape index (κ1) is 19.3. The Hall–Kier alpha value is -2.01. The molecule has 2 aromatic carbocycles. The highest BCUT2D eigenvalue weighted by atomic mass is 32.2. The van der Waals surface area contributed by atoms with Crippen LogP contribution in [0.3, 0.4) is 0 Å². The smallest absolute Gasteiger partial charge is 0.207 e. The number of ether oxygens (including phenoxy) is 2. The fourth-order valence-corrected chi connectivity index (χ4v) is 4.76. The molecule has 0 aliphatic rings. The van der Waals surface area contributed by atoms with Crippen molar-refractivity contribution in [3.8, 4) is 11.5 Å². The van der Waals surface area contributed by atoms with Crippen molar-refractivity contribution in [1.82, 2.24) is 0 Å². The van der Waals surface area contributed by atoms with Crippen molar-refractivity contribution < 1.29 is 17.9 Å². The van der Waals surface area contributed by atoms with E-state index in [4.69, 9.17) is 9.47 Å². The van der Waals surface area contributed by atoms with Gasteiger partial charge in [-0.15, -0.1) is 0 Å². The van der Waals surface area contributed by atoms with Crippen molar-refractivity contribution >= 4 is 9.84 Å². The Labute approximate surface area is 150 Å². The summed E-state index contributed by atoms with van der Waals surface area (Å²) in [5.41, 5.74) is 1.51. The molecule has 0 saturated heterocycles. The summed E-state index contributed by atoms with van der Waals surface area (Å²) in [6.45, 7) is 7.91. The molecular weight excluding hydrogens is 336 g/mol. The highest BCUT2D eigenvalue weighted by molar-refractivity contribution is 7.91. The van der Waals surface area contributed by atoms with Crippen molar-refractivity contribution in [2.45, 2.75) is 49.3 Å². The molecule has 0 bridgehead atoms. The predicted octanol–water partition coefficient (Wildman–Crippen LogP) is 4.78. The van der Waals surface area contributed by atoms with E-state index in [1.165, 1.54) is 0 Å². The average Bonchev–Trinajstić information content (AvgIpc) is 2.60. The Bertz CT molecular complexity index is 786. The lowest BCUT2D eigenvalue weighted by atomic mass is 10.0. The van der Waals surface area contributed by atoms with Crippen LogP contribution in [0.4, 0.5) is 0 Å². The van der Waals surface area contributed by atoms with Gasteiger partial charge in [0.05, 0.1) is 24.0 Å². The molecule has 25 heavy (non-hydrogen) atoms. The first-order valence-electron chi connectivity index (χ1n) is 8.33. The van der Waals surface area contributed by atoms with Gasteiger partial charge in [-0.25, -0.2) is 8.42 Å². The Morgan fingerprint density at radius 1 is 0.720 bits per heavy atom. The van der Waals surface area contributed by atoms with Gasteiger partial charge in [0.2, 0.25) is 9.84 Å². The molecule has 0 aliphatic carbocycles. The topological polar surface area (TPSA) is 52.6 Å². The van der Waals surface area contributed by atoms with Crippen molar-refractivity contribution in [2.75, 3.05) is 14.2 Å². The second-order valence-corrected chi connectivity index (χ2v) is 8.51. The van der Waals surface area contributed by atoms with Crippen LogP contribution in [0.2, 0.25) is 0 Å². The molecule has 0 fully saturated rings. The molecule has 0 atom stereocenters. The molecule has 2 rings (SSSR count). The Morgan fingerprint density at radius 2 is 1.08 bits per heavy atom. The predicted molar refractivity (Wildman–Crippen MR) is 99.6 cm³/mol. The molecule has 5 heteroatoms. The van der Waals surface area contributed by atoms with E-state index in [-0.39, 0.29) is 11.8 Å². The van der Waals surface area contributed by atoms with E-state index in [0.717, 1.165) is 11.1 Å². The third-order valence-corrected chi connectivity index (χ3v) is 6.16. The first-order chi connectivity index (χ1) is 11.7. The normalized spacial score (nSPS) is 11.8. The van der Waals surface area contributed by atoms with E-state index >= 15 is 0 Å². The lowest BCUT2D eigenvalue weighted by Gasteiger charge is -2.18. The van der Waals surface area contributed by atoms with Gasteiger partial charge in [0.25, 0.3) is 0 Å². The highest BCUT2D eigenvalue weighted by Crippen LogP contribution is 2.36. The van der Waals surface area contributed by atoms with Gasteiger partial charge in [-0.3, -0.25) is 0 Å². The molecular formula is C20H26O4S. The van der Waals surface area contributed by atoms with E-state index in [1.54, 1.807) is 50.6 Å². The van der Waals surface area contributed by atoms with Crippen LogP contribution in [0.5, 0.6) is 11.5 Å². The van der Waals surface area contributed by atoms with Crippen molar-refractivity contribution in [2.24, 2.45) is 0 Å². The number of methoxy groups -OCH3 is 2. The fraction of sp³-hybridized carbons (Fsp3) is 0.400. The molecule has 0 aliphatic heterocycles. The van der Waals surface area contributed by atoms with E-state index < -0.39 is 9.84 Å². The summed E-state index contributed by atoms with van der Waals surface area (Å²) in [5, 5.41) is 0. The largest absolute Gasteiger partial charge is 0.497 e. The zero-order valence-electron chi connectivity index (χ0n) is 15.7. The van der Waals surface area contributed by atoms with Gasteiger partial charge in [-0.1, -0.05) is 27.7 Å². The zero-order valence-corrected chi connectivity index (χ0v) is 16.5. The summed E-state index contributed by atoms with van der Waals surface area (Å²) < 4.78 is 37.3. The minimum Gasteiger partial charge on any atom is -0.497 e. The van der Waals surface area contributed by atoms with Gasteiger partial charge < -0.3 is 9.47 Å². The molecule has 0 radical (unpaired) electrons. The minimum absolute atomic E-state index is 0.0561. The van der Waals surface area contributed by atoms with E-state index in [0.29, 0.717) is 21.3 Å². The summed E-state index contributed by atoms with van der Waals surface area (Å²) in [6, 6.07) is 10.3. The van der Waals surface area contributed by atoms with Crippen LogP contribution in [-0.2, 0) is 9.84 Å². The molecule has 4 nitrogen and oxygen atoms in total. The summed E-state index contributed by atoms with van der Waals surface area (Å²) in [6.07, 6.45) is 0. The molecule has 0 heterocycles. The van der Waals surface area contributed by atoms with Gasteiger partial charge >= 0.3 is 0 Å². The Balaban J connectivity index is 2.72. The fourth-order valence-electron chi connectivity index (χ4n) is 2.82. The van der Waals surface area contributed by atoms with Crippen LogP contribution in [0, 0.1) is 0 Å². The number of hydrogen-bond acceptors (Lipinski definition) is 4. The van der Waals surface area contributed by atoms with Crippen LogP contribution in [0.15, 0.2) is 46.2 Å². The lowest BCUT2D eigenvalue weighted by Crippen LogP contribution is -2.10. The highest BCUT2D eigenvalue weighted by Gasteiger charge is 2.26. The molecule has 0 N–H and O–H groups in total. The molecule has 136 valence electrons. The summed E-state index contributed by atoms with van der Waals surface area (Å²) >= 11 is 0. The van der Waals surface area contributed by atoms with Crippen LogP contribution in [0.25, 0.3) is 0 Å². The van der Waals surface area contributed by atoms with Crippen LogP contribution in [-0.4, -0.2) is 22.6 Å². The number of hydrogen-bond donors (Lipinski definition) is 0. The minimum atomic E-state index is -3.65. The third-order valence-electron chi connectivity index (χ3n) is 4.26. The quantitative estimate of drug-likeness (QED) is 0.742. The van der Waals surface area contributed by atoms with E-state index in [9.17, 15) is 8.42 Å². The molecule has 0 amide bonds. The van der Waals surface area contributed by atoms with Gasteiger partial charge in [0, 0.05) is 0 Å². The van der Waals surface area contributed by atoms with Gasteiger partial charge in [-0.2, -0.15) is 0 Å². The second kappa shape index (κ2) is 7.48. The number of benzene rings is 2. The molecule has 0 aromatic heterocycles. The zero-order chi connectivity index (χ0) is 18.8. The average molecular weight is 362 g/mol. The van der Waals surface area contributed by atoms with Crippen molar-refractivity contribution in [3.05, 3.63) is 47.5 Å². The van der Waals surface area contributed by atoms with E-state index in [2.05, 4.69) is 0 Å². The Kier molecular flexibility index (Phi) is 5.78. The molecule has 0 saturated carbocycles. The standard InChI is InChI=1S/C20H26O4S/c1-13(2)17-11-15(23-5)7-9-19(17)25(21,22)20-10-8-16(24-6)12-18(20)14(3)4/h7-14H,1-6H3. The third kappa shape index (κ3) is 3.82. The summed E-state index contributed by atoms with van der Waals surface area (Å²) in [5.74, 6) is 1.42. The maximum Gasteiger partial charge on any atom is 0.207 e. The number of sulfone groups is 1. The van der Waals surface area contributed by atoms with E-state index in [1.807, 2.05) is 27.7 Å². The maximum absolute atomic E-state index is 13.4. The molecule has 0 spiro atoms. The number of rotatable bonds is 6. The van der Waals surface area contributed by atoms with Gasteiger partial charge in [0.15, 0.2) is 0 Å². The summed E-state index contributed by atoms with van der Waals surface area (Å²) in [7, 11) is -0.497. The SMILES string of the molecule is COc1ccc(S(=O)(=O)c2ccc(OC)cc2C(C)C)c(C(C)C)c1.